The highest BCUT2D eigenvalue weighted by atomic mass is 16.6. The van der Waals surface area contributed by atoms with Gasteiger partial charge in [-0.15, -0.1) is 0 Å². The molecule has 0 aliphatic carbocycles. The summed E-state index contributed by atoms with van der Waals surface area (Å²) in [5.74, 6) is 0. The van der Waals surface area contributed by atoms with Gasteiger partial charge >= 0.3 is 0 Å². The van der Waals surface area contributed by atoms with Crippen molar-refractivity contribution in [3.63, 3.8) is 0 Å². The Bertz CT molecular complexity index is 268. The van der Waals surface area contributed by atoms with Crippen molar-refractivity contribution in [2.75, 3.05) is 59.2 Å². The molecule has 3 saturated heterocycles. The van der Waals surface area contributed by atoms with Gasteiger partial charge in [-0.05, 0) is 6.42 Å². The molecule has 5 nitrogen and oxygen atoms in total. The third-order valence-electron chi connectivity index (χ3n) is 4.67. The van der Waals surface area contributed by atoms with Crippen molar-refractivity contribution in [2.45, 2.75) is 24.5 Å². The van der Waals surface area contributed by atoms with Gasteiger partial charge in [0.15, 0.2) is 0 Å². The average Bonchev–Trinajstić information content (AvgIpc) is 3.02. The SMILES string of the molecule is OCCN1CCN(C2CCOC23CCOC3)CC1. The van der Waals surface area contributed by atoms with Crippen molar-refractivity contribution < 1.29 is 14.6 Å². The first-order valence-corrected chi connectivity index (χ1v) is 7.13. The van der Waals surface area contributed by atoms with Gasteiger partial charge in [0.1, 0.15) is 5.60 Å². The van der Waals surface area contributed by atoms with E-state index in [0.717, 1.165) is 65.4 Å². The number of hydrogen-bond donors (Lipinski definition) is 1. The Kier molecular flexibility index (Phi) is 3.86. The molecular formula is C13H24N2O3. The van der Waals surface area contributed by atoms with Crippen LogP contribution in [0.1, 0.15) is 12.8 Å². The fourth-order valence-electron chi connectivity index (χ4n) is 3.63. The minimum Gasteiger partial charge on any atom is -0.395 e. The van der Waals surface area contributed by atoms with Crippen molar-refractivity contribution >= 4 is 0 Å². The minimum absolute atomic E-state index is 0.0147. The summed E-state index contributed by atoms with van der Waals surface area (Å²) in [5.41, 5.74) is -0.0147. The Morgan fingerprint density at radius 1 is 1.17 bits per heavy atom. The third kappa shape index (κ3) is 2.30. The molecular weight excluding hydrogens is 232 g/mol. The zero-order valence-electron chi connectivity index (χ0n) is 11.0. The smallest absolute Gasteiger partial charge is 0.109 e. The Morgan fingerprint density at radius 2 is 2.00 bits per heavy atom. The Balaban J connectivity index is 1.58. The summed E-state index contributed by atoms with van der Waals surface area (Å²) in [5, 5.41) is 8.97. The molecule has 3 rings (SSSR count). The fourth-order valence-corrected chi connectivity index (χ4v) is 3.63. The monoisotopic (exact) mass is 256 g/mol. The standard InChI is InChI=1S/C13H24N2O3/c16-8-7-14-3-5-15(6-4-14)12-1-9-18-13(12)2-10-17-11-13/h12,16H,1-11H2. The van der Waals surface area contributed by atoms with Crippen LogP contribution in [0.5, 0.6) is 0 Å². The summed E-state index contributed by atoms with van der Waals surface area (Å²) in [4.78, 5) is 4.92. The molecule has 5 heteroatoms. The molecule has 2 atom stereocenters. The molecule has 0 amide bonds. The zero-order valence-corrected chi connectivity index (χ0v) is 11.0. The number of nitrogens with zero attached hydrogens (tertiary/aromatic N) is 2. The maximum absolute atomic E-state index is 8.97. The van der Waals surface area contributed by atoms with Crippen molar-refractivity contribution in [3.8, 4) is 0 Å². The minimum atomic E-state index is -0.0147. The van der Waals surface area contributed by atoms with Crippen LogP contribution in [-0.4, -0.2) is 85.7 Å². The molecule has 1 N–H and O–H groups in total. The number of piperazine rings is 1. The van der Waals surface area contributed by atoms with Crippen LogP contribution in [0.25, 0.3) is 0 Å². The van der Waals surface area contributed by atoms with Crippen molar-refractivity contribution in [2.24, 2.45) is 0 Å². The van der Waals surface area contributed by atoms with Gasteiger partial charge in [0.25, 0.3) is 0 Å². The van der Waals surface area contributed by atoms with Gasteiger partial charge in [0.05, 0.1) is 13.2 Å². The van der Waals surface area contributed by atoms with Crippen LogP contribution in [0.3, 0.4) is 0 Å². The number of β-amino-alcohol motifs (C(OH)–C–C–N with tert-alkyl or cyclic N) is 1. The molecule has 0 saturated carbocycles. The van der Waals surface area contributed by atoms with E-state index in [9.17, 15) is 0 Å². The number of rotatable bonds is 3. The highest BCUT2D eigenvalue weighted by molar-refractivity contribution is 5.02. The van der Waals surface area contributed by atoms with Gasteiger partial charge in [-0.25, -0.2) is 0 Å². The van der Waals surface area contributed by atoms with E-state index < -0.39 is 0 Å². The normalized spacial score (nSPS) is 38.8. The first kappa shape index (κ1) is 12.8. The van der Waals surface area contributed by atoms with E-state index in [4.69, 9.17) is 14.6 Å². The van der Waals surface area contributed by atoms with Gasteiger partial charge in [-0.2, -0.15) is 0 Å². The summed E-state index contributed by atoms with van der Waals surface area (Å²) < 4.78 is 11.6. The second-order valence-corrected chi connectivity index (χ2v) is 5.62. The van der Waals surface area contributed by atoms with Gasteiger partial charge in [0.2, 0.25) is 0 Å². The zero-order chi connectivity index (χ0) is 12.4. The Hall–Kier alpha value is -0.200. The number of aliphatic hydroxyl groups is 1. The molecule has 3 heterocycles. The largest absolute Gasteiger partial charge is 0.395 e. The summed E-state index contributed by atoms with van der Waals surface area (Å²) in [6.45, 7) is 7.89. The second kappa shape index (κ2) is 5.43. The second-order valence-electron chi connectivity index (χ2n) is 5.62. The van der Waals surface area contributed by atoms with Gasteiger partial charge in [-0.3, -0.25) is 9.80 Å². The van der Waals surface area contributed by atoms with Crippen LogP contribution in [0.4, 0.5) is 0 Å². The molecule has 0 aromatic carbocycles. The summed E-state index contributed by atoms with van der Waals surface area (Å²) in [7, 11) is 0. The fraction of sp³-hybridized carbons (Fsp3) is 1.00. The predicted molar refractivity (Wildman–Crippen MR) is 67.6 cm³/mol. The average molecular weight is 256 g/mol. The topological polar surface area (TPSA) is 45.2 Å². The van der Waals surface area contributed by atoms with Crippen molar-refractivity contribution in [1.29, 1.82) is 0 Å². The van der Waals surface area contributed by atoms with Gasteiger partial charge < -0.3 is 14.6 Å². The van der Waals surface area contributed by atoms with E-state index in [2.05, 4.69) is 9.80 Å². The molecule has 3 aliphatic rings. The predicted octanol–water partition coefficient (Wildman–Crippen LogP) is -0.456. The van der Waals surface area contributed by atoms with Crippen LogP contribution in [0.15, 0.2) is 0 Å². The van der Waals surface area contributed by atoms with Crippen molar-refractivity contribution in [3.05, 3.63) is 0 Å². The van der Waals surface area contributed by atoms with Gasteiger partial charge in [-0.1, -0.05) is 0 Å². The molecule has 2 unspecified atom stereocenters. The van der Waals surface area contributed by atoms with E-state index >= 15 is 0 Å². The number of aliphatic hydroxyl groups excluding tert-OH is 1. The highest BCUT2D eigenvalue weighted by Gasteiger charge is 2.49. The van der Waals surface area contributed by atoms with Crippen LogP contribution >= 0.6 is 0 Å². The maximum atomic E-state index is 8.97. The van der Waals surface area contributed by atoms with Crippen LogP contribution in [0.2, 0.25) is 0 Å². The van der Waals surface area contributed by atoms with E-state index in [1.807, 2.05) is 0 Å². The summed E-state index contributed by atoms with van der Waals surface area (Å²) >= 11 is 0. The quantitative estimate of drug-likeness (QED) is 0.740. The molecule has 1 spiro atoms. The Morgan fingerprint density at radius 3 is 2.67 bits per heavy atom. The summed E-state index contributed by atoms with van der Waals surface area (Å²) in [6, 6.07) is 0.538. The van der Waals surface area contributed by atoms with Crippen LogP contribution < -0.4 is 0 Å². The molecule has 18 heavy (non-hydrogen) atoms. The van der Waals surface area contributed by atoms with Crippen molar-refractivity contribution in [1.82, 2.24) is 9.80 Å². The van der Waals surface area contributed by atoms with Gasteiger partial charge in [0, 0.05) is 58.4 Å². The van der Waals surface area contributed by atoms with E-state index in [0.29, 0.717) is 6.04 Å². The van der Waals surface area contributed by atoms with E-state index in [1.165, 1.54) is 0 Å². The van der Waals surface area contributed by atoms with E-state index in [1.54, 1.807) is 0 Å². The highest BCUT2D eigenvalue weighted by Crippen LogP contribution is 2.37. The first-order chi connectivity index (χ1) is 8.84. The lowest BCUT2D eigenvalue weighted by Gasteiger charge is -2.42. The van der Waals surface area contributed by atoms with Crippen LogP contribution in [-0.2, 0) is 9.47 Å². The lowest BCUT2D eigenvalue weighted by molar-refractivity contribution is -0.0522. The lowest BCUT2D eigenvalue weighted by Crippen LogP contribution is -2.57. The molecule has 104 valence electrons. The van der Waals surface area contributed by atoms with E-state index in [-0.39, 0.29) is 12.2 Å². The first-order valence-electron chi connectivity index (χ1n) is 7.13. The number of ether oxygens (including phenoxy) is 2. The molecule has 0 aromatic heterocycles. The molecule has 0 aromatic rings. The molecule has 3 fully saturated rings. The summed E-state index contributed by atoms with van der Waals surface area (Å²) in [6.07, 6.45) is 2.19. The number of hydrogen-bond acceptors (Lipinski definition) is 5. The molecule has 3 aliphatic heterocycles. The lowest BCUT2D eigenvalue weighted by atomic mass is 9.91. The molecule has 0 bridgehead atoms. The maximum Gasteiger partial charge on any atom is 0.109 e. The van der Waals surface area contributed by atoms with Crippen LogP contribution in [0, 0.1) is 0 Å². The Labute approximate surface area is 109 Å². The third-order valence-corrected chi connectivity index (χ3v) is 4.67. The molecule has 0 radical (unpaired) electrons.